The number of hydrogen-bond acceptors (Lipinski definition) is 3. The number of carboxylic acid groups (broad SMARTS) is 1. The summed E-state index contributed by atoms with van der Waals surface area (Å²) in [7, 11) is 0. The summed E-state index contributed by atoms with van der Waals surface area (Å²) in [5.74, 6) is -2.81. The van der Waals surface area contributed by atoms with Crippen LogP contribution in [0.5, 0.6) is 0 Å². The topological polar surface area (TPSA) is 69.2 Å². The van der Waals surface area contributed by atoms with Crippen molar-refractivity contribution in [1.29, 1.82) is 0 Å². The number of hydrogen-bond donors (Lipinski definition) is 1. The van der Waals surface area contributed by atoms with Crippen LogP contribution in [-0.4, -0.2) is 11.9 Å². The molecule has 0 heterocycles. The van der Waals surface area contributed by atoms with Gasteiger partial charge in [0.05, 0.1) is 5.92 Å². The molecule has 2 aliphatic carbocycles. The lowest BCUT2D eigenvalue weighted by molar-refractivity contribution is -0.313. The molecule has 0 unspecified atom stereocenters. The lowest BCUT2D eigenvalue weighted by atomic mass is 9.82. The van der Waals surface area contributed by atoms with E-state index in [4.69, 9.17) is 11.6 Å². The summed E-state index contributed by atoms with van der Waals surface area (Å²) in [6.45, 7) is 0. The summed E-state index contributed by atoms with van der Waals surface area (Å²) in [5, 5.41) is 14.5. The molecule has 104 valence electrons. The van der Waals surface area contributed by atoms with Crippen LogP contribution >= 0.6 is 11.6 Å². The molecule has 5 heteroatoms. The van der Waals surface area contributed by atoms with E-state index in [1.165, 1.54) is 0 Å². The van der Waals surface area contributed by atoms with Gasteiger partial charge >= 0.3 is 0 Å². The zero-order chi connectivity index (χ0) is 14.3. The Balaban J connectivity index is 1.80. The minimum absolute atomic E-state index is 0.0120. The van der Waals surface area contributed by atoms with Gasteiger partial charge in [-0.1, -0.05) is 29.8 Å². The number of nitrogens with one attached hydrogen (secondary N) is 1. The predicted octanol–water partition coefficient (Wildman–Crippen LogP) is 1.47. The number of carboxylic acids is 1. The second-order valence-corrected chi connectivity index (χ2v) is 5.75. The summed E-state index contributed by atoms with van der Waals surface area (Å²) in [4.78, 5) is 23.6. The van der Waals surface area contributed by atoms with E-state index in [0.29, 0.717) is 17.1 Å². The molecule has 0 aromatic heterocycles. The Morgan fingerprint density at radius 1 is 1.20 bits per heavy atom. The number of carbonyl (C=O) groups is 2. The van der Waals surface area contributed by atoms with E-state index in [-0.39, 0.29) is 17.7 Å². The Kier molecular flexibility index (Phi) is 3.26. The molecule has 4 atom stereocenters. The highest BCUT2D eigenvalue weighted by atomic mass is 35.5. The monoisotopic (exact) mass is 290 g/mol. The van der Waals surface area contributed by atoms with Crippen molar-refractivity contribution in [3.05, 3.63) is 41.4 Å². The highest BCUT2D eigenvalue weighted by molar-refractivity contribution is 6.30. The van der Waals surface area contributed by atoms with Gasteiger partial charge in [-0.25, -0.2) is 0 Å². The minimum Gasteiger partial charge on any atom is -0.550 e. The minimum atomic E-state index is -1.15. The average molecular weight is 291 g/mol. The molecule has 0 spiro atoms. The summed E-state index contributed by atoms with van der Waals surface area (Å²) in [6.07, 6.45) is 4.53. The Bertz CT molecular complexity index is 599. The molecule has 1 saturated carbocycles. The van der Waals surface area contributed by atoms with Gasteiger partial charge in [0.2, 0.25) is 5.91 Å². The van der Waals surface area contributed by atoms with Crippen LogP contribution < -0.4 is 10.4 Å². The van der Waals surface area contributed by atoms with Gasteiger partial charge < -0.3 is 15.2 Å². The molecular formula is C15H13ClNO3-. The third-order valence-electron chi connectivity index (χ3n) is 4.13. The smallest absolute Gasteiger partial charge is 0.228 e. The summed E-state index contributed by atoms with van der Waals surface area (Å²) >= 11 is 5.86. The van der Waals surface area contributed by atoms with Gasteiger partial charge in [0.15, 0.2) is 0 Å². The van der Waals surface area contributed by atoms with Gasteiger partial charge in [-0.05, 0) is 36.5 Å². The predicted molar refractivity (Wildman–Crippen MR) is 72.8 cm³/mol. The van der Waals surface area contributed by atoms with Crippen molar-refractivity contribution in [2.45, 2.75) is 6.42 Å². The van der Waals surface area contributed by atoms with E-state index in [1.807, 2.05) is 12.2 Å². The van der Waals surface area contributed by atoms with E-state index < -0.39 is 17.8 Å². The van der Waals surface area contributed by atoms with Crippen molar-refractivity contribution in [2.24, 2.45) is 23.7 Å². The molecule has 0 aliphatic heterocycles. The number of anilines is 1. The maximum Gasteiger partial charge on any atom is 0.228 e. The van der Waals surface area contributed by atoms with Crippen LogP contribution in [-0.2, 0) is 9.59 Å². The number of aliphatic carboxylic acids is 1. The molecule has 1 N–H and O–H groups in total. The van der Waals surface area contributed by atoms with Crippen molar-refractivity contribution in [2.75, 3.05) is 5.32 Å². The first-order valence-electron chi connectivity index (χ1n) is 6.52. The summed E-state index contributed by atoms with van der Waals surface area (Å²) in [5.41, 5.74) is 0.575. The quantitative estimate of drug-likeness (QED) is 0.857. The molecule has 2 bridgehead atoms. The van der Waals surface area contributed by atoms with Crippen LogP contribution in [0.3, 0.4) is 0 Å². The SMILES string of the molecule is O=C([O-])[C@@H]1[C@@H](C(=O)Nc2cccc(Cl)c2)[C@H]2C=C[C@H]1C2. The molecule has 3 rings (SSSR count). The van der Waals surface area contributed by atoms with E-state index in [9.17, 15) is 14.7 Å². The average Bonchev–Trinajstić information content (AvgIpc) is 2.98. The molecule has 1 aromatic carbocycles. The number of benzene rings is 1. The molecule has 1 fully saturated rings. The van der Waals surface area contributed by atoms with Crippen molar-refractivity contribution in [3.8, 4) is 0 Å². The zero-order valence-electron chi connectivity index (χ0n) is 10.6. The van der Waals surface area contributed by atoms with E-state index in [0.717, 1.165) is 0 Å². The highest BCUT2D eigenvalue weighted by Gasteiger charge is 2.48. The third-order valence-corrected chi connectivity index (χ3v) is 4.36. The van der Waals surface area contributed by atoms with Gasteiger partial charge in [0.25, 0.3) is 0 Å². The molecule has 2 aliphatic rings. The van der Waals surface area contributed by atoms with Gasteiger partial charge in [-0.3, -0.25) is 4.79 Å². The lowest BCUT2D eigenvalue weighted by Gasteiger charge is -2.27. The molecule has 4 nitrogen and oxygen atoms in total. The molecule has 0 radical (unpaired) electrons. The van der Waals surface area contributed by atoms with Crippen LogP contribution in [0.15, 0.2) is 36.4 Å². The second-order valence-electron chi connectivity index (χ2n) is 5.32. The third kappa shape index (κ3) is 2.20. The maximum atomic E-state index is 12.4. The Morgan fingerprint density at radius 2 is 1.90 bits per heavy atom. The van der Waals surface area contributed by atoms with Crippen LogP contribution in [0.1, 0.15) is 6.42 Å². The van der Waals surface area contributed by atoms with Crippen LogP contribution in [0, 0.1) is 23.7 Å². The normalized spacial score (nSPS) is 30.4. The van der Waals surface area contributed by atoms with Gasteiger partial charge in [0, 0.05) is 22.6 Å². The Morgan fingerprint density at radius 3 is 2.55 bits per heavy atom. The van der Waals surface area contributed by atoms with Gasteiger partial charge in [-0.2, -0.15) is 0 Å². The van der Waals surface area contributed by atoms with Crippen molar-refractivity contribution < 1.29 is 14.7 Å². The number of amides is 1. The van der Waals surface area contributed by atoms with E-state index in [1.54, 1.807) is 24.3 Å². The van der Waals surface area contributed by atoms with Crippen LogP contribution in [0.25, 0.3) is 0 Å². The number of allylic oxidation sites excluding steroid dienone is 2. The molecule has 20 heavy (non-hydrogen) atoms. The first-order chi connectivity index (χ1) is 9.56. The number of rotatable bonds is 3. The first-order valence-corrected chi connectivity index (χ1v) is 6.89. The van der Waals surface area contributed by atoms with Crippen molar-refractivity contribution in [1.82, 2.24) is 0 Å². The van der Waals surface area contributed by atoms with Crippen LogP contribution in [0.4, 0.5) is 5.69 Å². The van der Waals surface area contributed by atoms with E-state index >= 15 is 0 Å². The van der Waals surface area contributed by atoms with Crippen molar-refractivity contribution in [3.63, 3.8) is 0 Å². The fourth-order valence-corrected chi connectivity index (χ4v) is 3.48. The fourth-order valence-electron chi connectivity index (χ4n) is 3.29. The Hall–Kier alpha value is -1.81. The molecule has 0 saturated heterocycles. The molecule has 1 amide bonds. The number of fused-ring (bicyclic) bond motifs is 2. The van der Waals surface area contributed by atoms with Gasteiger partial charge in [0.1, 0.15) is 0 Å². The number of halogens is 1. The zero-order valence-corrected chi connectivity index (χ0v) is 11.3. The lowest BCUT2D eigenvalue weighted by Crippen LogP contribution is -2.42. The standard InChI is InChI=1S/C15H14ClNO3/c16-10-2-1-3-11(7-10)17-14(18)12-8-4-5-9(6-8)13(12)15(19)20/h1-5,7-9,12-13H,6H2,(H,17,18)(H,19,20)/p-1/t8-,9-,12-,13-/m0/s1. The molecule has 1 aromatic rings. The largest absolute Gasteiger partial charge is 0.550 e. The van der Waals surface area contributed by atoms with E-state index in [2.05, 4.69) is 5.32 Å². The first kappa shape index (κ1) is 13.2. The molecular weight excluding hydrogens is 278 g/mol. The maximum absolute atomic E-state index is 12.4. The highest BCUT2D eigenvalue weighted by Crippen LogP contribution is 2.48. The summed E-state index contributed by atoms with van der Waals surface area (Å²) in [6, 6.07) is 6.80. The van der Waals surface area contributed by atoms with Crippen LogP contribution in [0.2, 0.25) is 5.02 Å². The summed E-state index contributed by atoms with van der Waals surface area (Å²) < 4.78 is 0. The Labute approximate surface area is 121 Å². The second kappa shape index (κ2) is 4.94. The van der Waals surface area contributed by atoms with Crippen molar-refractivity contribution >= 4 is 29.2 Å². The van der Waals surface area contributed by atoms with Gasteiger partial charge in [-0.15, -0.1) is 0 Å². The fraction of sp³-hybridized carbons (Fsp3) is 0.333. The number of carbonyl (C=O) groups excluding carboxylic acids is 2.